The first-order valence-corrected chi connectivity index (χ1v) is 12.8. The van der Waals surface area contributed by atoms with Crippen LogP contribution in [0, 0.1) is 22.9 Å². The molecule has 2 aromatic rings. The molecule has 0 spiro atoms. The standard InChI is InChI=1S/C28H37FN3O5/c1-5-37-28(30-4)31-25-13-6-18(16-32(35)36)14-23(25)27(34)20-9-7-19(8-10-20)22-12-11-21(15-24(22)29)26(33)17(2)3/h6,11-15,17,19-20,28,30-31,35H,5,7-10,16H2,1-4H3/q-1. The Morgan fingerprint density at radius 3 is 2.43 bits per heavy atom. The average Bonchev–Trinajstić information content (AvgIpc) is 2.88. The maximum atomic E-state index is 14.9. The largest absolute Gasteiger partial charge is 0.762 e. The van der Waals surface area contributed by atoms with E-state index < -0.39 is 6.35 Å². The van der Waals surface area contributed by atoms with Gasteiger partial charge in [-0.25, -0.2) is 4.39 Å². The number of rotatable bonds is 12. The van der Waals surface area contributed by atoms with Crippen molar-refractivity contribution < 1.29 is 23.9 Å². The summed E-state index contributed by atoms with van der Waals surface area (Å²) in [5.41, 5.74) is 2.46. The summed E-state index contributed by atoms with van der Waals surface area (Å²) in [6.07, 6.45) is 1.97. The average molecular weight is 515 g/mol. The number of Topliss-reactive ketones (excluding diaryl/α,β-unsaturated/α-hetero) is 2. The highest BCUT2D eigenvalue weighted by atomic mass is 19.1. The number of carbonyl (C=O) groups excluding carboxylic acids is 2. The summed E-state index contributed by atoms with van der Waals surface area (Å²) in [4.78, 5) is 25.8. The van der Waals surface area contributed by atoms with Gasteiger partial charge in [-0.15, -0.1) is 0 Å². The van der Waals surface area contributed by atoms with Gasteiger partial charge in [-0.1, -0.05) is 32.0 Å². The number of anilines is 1. The molecule has 1 aliphatic rings. The Morgan fingerprint density at radius 1 is 1.16 bits per heavy atom. The Kier molecular flexibility index (Phi) is 10.3. The summed E-state index contributed by atoms with van der Waals surface area (Å²) in [5.74, 6) is -1.00. The third-order valence-corrected chi connectivity index (χ3v) is 6.90. The summed E-state index contributed by atoms with van der Waals surface area (Å²) in [6, 6.07) is 9.73. The van der Waals surface area contributed by atoms with E-state index in [9.17, 15) is 19.2 Å². The molecule has 202 valence electrons. The van der Waals surface area contributed by atoms with Crippen LogP contribution in [0.25, 0.3) is 0 Å². The summed E-state index contributed by atoms with van der Waals surface area (Å²) in [5, 5.41) is 26.3. The third-order valence-electron chi connectivity index (χ3n) is 6.90. The second kappa shape index (κ2) is 13.2. The van der Waals surface area contributed by atoms with Crippen LogP contribution in [0.1, 0.15) is 84.2 Å². The number of hydroxylamine groups is 2. The van der Waals surface area contributed by atoms with Crippen molar-refractivity contribution in [2.24, 2.45) is 11.8 Å². The van der Waals surface area contributed by atoms with E-state index in [4.69, 9.17) is 9.94 Å². The molecule has 1 aliphatic carbocycles. The van der Waals surface area contributed by atoms with E-state index in [1.165, 1.54) is 6.07 Å². The number of benzene rings is 2. The molecule has 0 aliphatic heterocycles. The topological polar surface area (TPSA) is 114 Å². The van der Waals surface area contributed by atoms with E-state index in [1.54, 1.807) is 51.2 Å². The Hall–Kier alpha value is -2.69. The second-order valence-corrected chi connectivity index (χ2v) is 9.83. The monoisotopic (exact) mass is 514 g/mol. The molecule has 37 heavy (non-hydrogen) atoms. The molecule has 1 atom stereocenters. The maximum absolute atomic E-state index is 14.9. The molecular formula is C28H37FN3O5-. The van der Waals surface area contributed by atoms with Crippen molar-refractivity contribution in [2.75, 3.05) is 19.0 Å². The van der Waals surface area contributed by atoms with Crippen LogP contribution < -0.4 is 10.6 Å². The lowest BCUT2D eigenvalue weighted by molar-refractivity contribution is -0.0488. The Morgan fingerprint density at radius 2 is 1.86 bits per heavy atom. The van der Waals surface area contributed by atoms with Gasteiger partial charge in [0.15, 0.2) is 17.9 Å². The van der Waals surface area contributed by atoms with E-state index in [1.807, 2.05) is 6.92 Å². The van der Waals surface area contributed by atoms with Gasteiger partial charge in [-0.3, -0.25) is 20.1 Å². The SMILES string of the molecule is CCOC(NC)Nc1ccc(CN([O-])O)cc1C(=O)C1CCC(c2ccc(C(=O)C(C)C)cc2F)CC1. The van der Waals surface area contributed by atoms with Gasteiger partial charge in [0.2, 0.25) is 0 Å². The van der Waals surface area contributed by atoms with Gasteiger partial charge in [-0.2, -0.15) is 0 Å². The molecule has 2 aromatic carbocycles. The van der Waals surface area contributed by atoms with Gasteiger partial charge in [-0.05, 0) is 74.9 Å². The molecule has 3 rings (SSSR count). The van der Waals surface area contributed by atoms with Crippen LogP contribution in [0.4, 0.5) is 10.1 Å². The van der Waals surface area contributed by atoms with E-state index in [0.29, 0.717) is 60.2 Å². The van der Waals surface area contributed by atoms with Gasteiger partial charge in [0, 0.05) is 41.8 Å². The predicted molar refractivity (Wildman–Crippen MR) is 140 cm³/mol. The number of ether oxygens (including phenoxy) is 1. The Balaban J connectivity index is 1.76. The molecule has 8 nitrogen and oxygen atoms in total. The fourth-order valence-corrected chi connectivity index (χ4v) is 4.91. The zero-order valence-corrected chi connectivity index (χ0v) is 21.9. The van der Waals surface area contributed by atoms with Crippen molar-refractivity contribution in [3.63, 3.8) is 0 Å². The molecule has 0 aromatic heterocycles. The minimum absolute atomic E-state index is 0.0220. The minimum atomic E-state index is -0.513. The lowest BCUT2D eigenvalue weighted by Crippen LogP contribution is -2.36. The molecule has 0 bridgehead atoms. The summed E-state index contributed by atoms with van der Waals surface area (Å²) >= 11 is 0. The van der Waals surface area contributed by atoms with Gasteiger partial charge in [0.1, 0.15) is 5.82 Å². The number of hydrogen-bond donors (Lipinski definition) is 3. The molecule has 0 saturated heterocycles. The van der Waals surface area contributed by atoms with Gasteiger partial charge >= 0.3 is 0 Å². The van der Waals surface area contributed by atoms with Crippen LogP contribution in [-0.4, -0.2) is 42.0 Å². The van der Waals surface area contributed by atoms with Crippen LogP contribution in [-0.2, 0) is 11.3 Å². The first kappa shape index (κ1) is 28.9. The summed E-state index contributed by atoms with van der Waals surface area (Å²) in [7, 11) is 1.73. The van der Waals surface area contributed by atoms with Crippen molar-refractivity contribution in [3.8, 4) is 0 Å². The highest BCUT2D eigenvalue weighted by molar-refractivity contribution is 6.03. The first-order chi connectivity index (χ1) is 17.6. The number of nitrogens with zero attached hydrogens (tertiary/aromatic N) is 1. The predicted octanol–water partition coefficient (Wildman–Crippen LogP) is 5.46. The fourth-order valence-electron chi connectivity index (χ4n) is 4.91. The summed E-state index contributed by atoms with van der Waals surface area (Å²) in [6.45, 7) is 5.65. The molecule has 3 N–H and O–H groups in total. The quantitative estimate of drug-likeness (QED) is 0.194. The van der Waals surface area contributed by atoms with E-state index in [2.05, 4.69) is 10.6 Å². The van der Waals surface area contributed by atoms with Gasteiger partial charge in [0.25, 0.3) is 0 Å². The number of hydrogen-bond acceptors (Lipinski definition) is 8. The van der Waals surface area contributed by atoms with Crippen molar-refractivity contribution in [1.29, 1.82) is 0 Å². The molecular weight excluding hydrogens is 477 g/mol. The lowest BCUT2D eigenvalue weighted by Gasteiger charge is -2.29. The Bertz CT molecular complexity index is 1080. The Labute approximate surface area is 217 Å². The van der Waals surface area contributed by atoms with Crippen molar-refractivity contribution in [3.05, 3.63) is 69.7 Å². The summed E-state index contributed by atoms with van der Waals surface area (Å²) < 4.78 is 20.5. The molecule has 0 heterocycles. The van der Waals surface area contributed by atoms with Gasteiger partial charge in [0.05, 0.1) is 0 Å². The minimum Gasteiger partial charge on any atom is -0.762 e. The van der Waals surface area contributed by atoms with Crippen molar-refractivity contribution >= 4 is 17.3 Å². The third kappa shape index (κ3) is 7.43. The maximum Gasteiger partial charge on any atom is 0.183 e. The van der Waals surface area contributed by atoms with Crippen LogP contribution in [0.15, 0.2) is 36.4 Å². The van der Waals surface area contributed by atoms with Crippen molar-refractivity contribution in [1.82, 2.24) is 10.5 Å². The molecule has 9 heteroatoms. The zero-order valence-electron chi connectivity index (χ0n) is 21.9. The van der Waals surface area contributed by atoms with Crippen LogP contribution in [0.2, 0.25) is 0 Å². The zero-order chi connectivity index (χ0) is 27.1. The number of ketones is 2. The normalized spacial score (nSPS) is 18.7. The van der Waals surface area contributed by atoms with Crippen molar-refractivity contribution in [2.45, 2.75) is 65.3 Å². The molecule has 1 fully saturated rings. The number of carbonyl (C=O) groups is 2. The molecule has 0 radical (unpaired) electrons. The van der Waals surface area contributed by atoms with E-state index >= 15 is 0 Å². The second-order valence-electron chi connectivity index (χ2n) is 9.83. The molecule has 0 amide bonds. The highest BCUT2D eigenvalue weighted by Crippen LogP contribution is 2.39. The van der Waals surface area contributed by atoms with E-state index in [0.717, 1.165) is 0 Å². The smallest absolute Gasteiger partial charge is 0.183 e. The lowest BCUT2D eigenvalue weighted by atomic mass is 9.75. The molecule has 1 unspecified atom stereocenters. The van der Waals surface area contributed by atoms with E-state index in [-0.39, 0.29) is 46.9 Å². The number of halogens is 1. The first-order valence-electron chi connectivity index (χ1n) is 12.8. The van der Waals surface area contributed by atoms with Crippen LogP contribution in [0.5, 0.6) is 0 Å². The number of nitrogens with one attached hydrogen (secondary N) is 2. The highest BCUT2D eigenvalue weighted by Gasteiger charge is 2.30. The van der Waals surface area contributed by atoms with Gasteiger partial charge < -0.3 is 20.5 Å². The fraction of sp³-hybridized carbons (Fsp3) is 0.500. The molecule has 1 saturated carbocycles. The van der Waals surface area contributed by atoms with Crippen LogP contribution >= 0.6 is 0 Å². The van der Waals surface area contributed by atoms with Crippen LogP contribution in [0.3, 0.4) is 0 Å².